The lowest BCUT2D eigenvalue weighted by atomic mass is 9.75. The predicted molar refractivity (Wildman–Crippen MR) is 128 cm³/mol. The maximum atomic E-state index is 14.0. The van der Waals surface area contributed by atoms with E-state index in [1.807, 2.05) is 0 Å². The molecule has 0 aliphatic heterocycles. The smallest absolute Gasteiger partial charge is 0.418 e. The minimum atomic E-state index is -3.85. The standard InChI is InChI=1S/C25H36F2O3S2/c26-25(27,32(28)29)31-30-24-22(19-12-6-2-7-13-19)16-21(18-10-4-1-5-11-18)17-23(24)20-14-8-3-9-15-20/h16-20H,1-15H2,(H,28,29). The Morgan fingerprint density at radius 3 is 1.59 bits per heavy atom. The van der Waals surface area contributed by atoms with E-state index in [4.69, 9.17) is 8.74 Å². The van der Waals surface area contributed by atoms with Crippen LogP contribution in [0.5, 0.6) is 5.75 Å². The number of hydrogen-bond acceptors (Lipinski definition) is 3. The fourth-order valence-corrected chi connectivity index (χ4v) is 6.73. The first-order chi connectivity index (χ1) is 15.5. The Morgan fingerprint density at radius 1 is 0.781 bits per heavy atom. The third kappa shape index (κ3) is 5.87. The summed E-state index contributed by atoms with van der Waals surface area (Å²) in [6.07, 6.45) is 17.5. The van der Waals surface area contributed by atoms with Gasteiger partial charge in [-0.05, 0) is 73.0 Å². The molecule has 0 spiro atoms. The molecule has 32 heavy (non-hydrogen) atoms. The summed E-state index contributed by atoms with van der Waals surface area (Å²) in [4.78, 5) is 0. The van der Waals surface area contributed by atoms with Crippen LogP contribution in [-0.4, -0.2) is 13.3 Å². The molecule has 0 amide bonds. The number of halogens is 2. The van der Waals surface area contributed by atoms with Gasteiger partial charge in [0.15, 0.2) is 0 Å². The van der Waals surface area contributed by atoms with Gasteiger partial charge in [-0.25, -0.2) is 4.21 Å². The Balaban J connectivity index is 1.75. The van der Waals surface area contributed by atoms with Crippen molar-refractivity contribution >= 4 is 23.1 Å². The zero-order valence-corrected chi connectivity index (χ0v) is 20.5. The average Bonchev–Trinajstić information content (AvgIpc) is 2.84. The minimum absolute atomic E-state index is 0.146. The first-order valence-corrected chi connectivity index (χ1v) is 14.3. The average molecular weight is 487 g/mol. The summed E-state index contributed by atoms with van der Waals surface area (Å²) in [5.41, 5.74) is 3.50. The highest BCUT2D eigenvalue weighted by Crippen LogP contribution is 2.49. The molecule has 1 aromatic rings. The van der Waals surface area contributed by atoms with Crippen molar-refractivity contribution in [2.75, 3.05) is 0 Å². The molecule has 3 aliphatic carbocycles. The van der Waals surface area contributed by atoms with Crippen molar-refractivity contribution in [1.29, 1.82) is 0 Å². The molecule has 3 fully saturated rings. The van der Waals surface area contributed by atoms with Crippen molar-refractivity contribution in [1.82, 2.24) is 0 Å². The molecule has 1 aromatic carbocycles. The molecule has 0 radical (unpaired) electrons. The van der Waals surface area contributed by atoms with E-state index in [-0.39, 0.29) is 12.0 Å². The summed E-state index contributed by atoms with van der Waals surface area (Å²) in [5.74, 6) is 1.75. The van der Waals surface area contributed by atoms with Crippen molar-refractivity contribution in [3.8, 4) is 5.75 Å². The largest absolute Gasteiger partial charge is 0.427 e. The number of hydrogen-bond donors (Lipinski definition) is 1. The zero-order chi connectivity index (χ0) is 22.6. The van der Waals surface area contributed by atoms with Crippen LogP contribution in [0.3, 0.4) is 0 Å². The van der Waals surface area contributed by atoms with Crippen LogP contribution >= 0.6 is 12.0 Å². The summed E-state index contributed by atoms with van der Waals surface area (Å²) >= 11 is -3.42. The predicted octanol–water partition coefficient (Wildman–Crippen LogP) is 8.63. The normalized spacial score (nSPS) is 23.2. The molecule has 0 saturated heterocycles. The van der Waals surface area contributed by atoms with Crippen molar-refractivity contribution < 1.29 is 21.7 Å². The van der Waals surface area contributed by atoms with E-state index in [2.05, 4.69) is 12.1 Å². The van der Waals surface area contributed by atoms with Gasteiger partial charge in [0.05, 0.1) is 0 Å². The zero-order valence-electron chi connectivity index (χ0n) is 18.8. The molecule has 4 rings (SSSR count). The number of benzene rings is 1. The third-order valence-corrected chi connectivity index (χ3v) is 9.24. The van der Waals surface area contributed by atoms with Crippen LogP contribution in [-0.2, 0) is 11.1 Å². The van der Waals surface area contributed by atoms with Gasteiger partial charge in [-0.3, -0.25) is 0 Å². The van der Waals surface area contributed by atoms with Gasteiger partial charge in [0.2, 0.25) is 11.1 Å². The summed E-state index contributed by atoms with van der Waals surface area (Å²) < 4.78 is 50.1. The molecular formula is C25H36F2O3S2. The van der Waals surface area contributed by atoms with Gasteiger partial charge >= 0.3 is 4.59 Å². The minimum Gasteiger partial charge on any atom is -0.418 e. The molecule has 3 saturated carbocycles. The molecule has 3 aliphatic rings. The fraction of sp³-hybridized carbons (Fsp3) is 0.760. The Kier molecular flexibility index (Phi) is 8.54. The van der Waals surface area contributed by atoms with Crippen molar-refractivity contribution in [2.24, 2.45) is 0 Å². The van der Waals surface area contributed by atoms with Crippen LogP contribution in [0.15, 0.2) is 12.1 Å². The van der Waals surface area contributed by atoms with Gasteiger partial charge in [-0.2, -0.15) is 8.78 Å². The quantitative estimate of drug-likeness (QED) is 0.309. The molecule has 1 atom stereocenters. The van der Waals surface area contributed by atoms with E-state index < -0.39 is 15.7 Å². The van der Waals surface area contributed by atoms with Crippen LogP contribution in [0.1, 0.15) is 131 Å². The fourth-order valence-electron chi connectivity index (χ4n) is 6.02. The van der Waals surface area contributed by atoms with Gasteiger partial charge in [-0.15, -0.1) is 0 Å². The topological polar surface area (TPSA) is 46.5 Å². The van der Waals surface area contributed by atoms with Gasteiger partial charge < -0.3 is 8.74 Å². The van der Waals surface area contributed by atoms with E-state index in [1.54, 1.807) is 0 Å². The molecule has 3 nitrogen and oxygen atoms in total. The van der Waals surface area contributed by atoms with Crippen molar-refractivity contribution in [3.05, 3.63) is 28.8 Å². The van der Waals surface area contributed by atoms with E-state index in [9.17, 15) is 13.0 Å². The van der Waals surface area contributed by atoms with Crippen LogP contribution in [0, 0.1) is 0 Å². The lowest BCUT2D eigenvalue weighted by molar-refractivity contribution is 0.186. The van der Waals surface area contributed by atoms with Gasteiger partial charge in [0.25, 0.3) is 0 Å². The molecule has 1 unspecified atom stereocenters. The van der Waals surface area contributed by atoms with Crippen molar-refractivity contribution in [2.45, 2.75) is 119 Å². The highest BCUT2D eigenvalue weighted by molar-refractivity contribution is 8.07. The van der Waals surface area contributed by atoms with E-state index >= 15 is 0 Å². The van der Waals surface area contributed by atoms with Gasteiger partial charge in [-0.1, -0.05) is 69.9 Å². The Morgan fingerprint density at radius 2 is 1.19 bits per heavy atom. The second kappa shape index (κ2) is 11.2. The third-order valence-electron chi connectivity index (χ3n) is 7.76. The van der Waals surface area contributed by atoms with Gasteiger partial charge in [0, 0.05) is 0 Å². The number of alkyl halides is 2. The summed E-state index contributed by atoms with van der Waals surface area (Å²) in [6.45, 7) is 0. The van der Waals surface area contributed by atoms with Gasteiger partial charge in [0.1, 0.15) is 17.8 Å². The molecule has 180 valence electrons. The molecule has 7 heteroatoms. The number of rotatable bonds is 7. The lowest BCUT2D eigenvalue weighted by Gasteiger charge is -2.32. The Bertz CT molecular complexity index is 744. The molecule has 0 aromatic heterocycles. The Labute approximate surface area is 198 Å². The SMILES string of the molecule is O=S(O)C(F)(F)SOc1c(C2CCCCC2)cc(C2CCCCC2)cc1C1CCCCC1. The highest BCUT2D eigenvalue weighted by atomic mass is 32.2. The molecular weight excluding hydrogens is 450 g/mol. The summed E-state index contributed by atoms with van der Waals surface area (Å²) in [7, 11) is 0. The van der Waals surface area contributed by atoms with E-state index in [1.165, 1.54) is 50.5 Å². The maximum absolute atomic E-state index is 14.0. The second-order valence-corrected chi connectivity index (χ2v) is 12.0. The summed E-state index contributed by atoms with van der Waals surface area (Å²) in [5, 5.41) is 0. The first-order valence-electron chi connectivity index (χ1n) is 12.5. The molecule has 0 bridgehead atoms. The monoisotopic (exact) mass is 486 g/mol. The van der Waals surface area contributed by atoms with E-state index in [0.29, 0.717) is 23.5 Å². The maximum Gasteiger partial charge on any atom is 0.427 e. The Hall–Kier alpha value is -0.660. The van der Waals surface area contributed by atoms with Crippen LogP contribution in [0.25, 0.3) is 0 Å². The van der Waals surface area contributed by atoms with Crippen LogP contribution in [0.4, 0.5) is 8.78 Å². The highest BCUT2D eigenvalue weighted by Gasteiger charge is 2.41. The van der Waals surface area contributed by atoms with Crippen molar-refractivity contribution in [3.63, 3.8) is 0 Å². The molecule has 0 heterocycles. The molecule has 1 N–H and O–H groups in total. The van der Waals surface area contributed by atoms with E-state index in [0.717, 1.165) is 62.5 Å². The summed E-state index contributed by atoms with van der Waals surface area (Å²) in [6, 6.07) is 4.50. The van der Waals surface area contributed by atoms with Crippen LogP contribution < -0.4 is 4.18 Å². The van der Waals surface area contributed by atoms with Crippen LogP contribution in [0.2, 0.25) is 0 Å². The first kappa shape index (κ1) is 24.5. The lowest BCUT2D eigenvalue weighted by Crippen LogP contribution is -2.20. The second-order valence-electron chi connectivity index (χ2n) is 9.91.